The third kappa shape index (κ3) is 4.42. The van der Waals surface area contributed by atoms with Crippen LogP contribution < -0.4 is 15.9 Å². The van der Waals surface area contributed by atoms with E-state index in [9.17, 15) is 4.79 Å². The summed E-state index contributed by atoms with van der Waals surface area (Å²) in [5.74, 6) is 1.28. The van der Waals surface area contributed by atoms with Crippen LogP contribution in [0.2, 0.25) is 0 Å². The van der Waals surface area contributed by atoms with Crippen LogP contribution in [0.3, 0.4) is 0 Å². The second-order valence-corrected chi connectivity index (χ2v) is 9.19. The molecule has 0 spiro atoms. The number of hydrazone groups is 1. The average molecular weight is 411 g/mol. The Labute approximate surface area is 177 Å². The minimum Gasteiger partial charge on any atom is -0.298 e. The summed E-state index contributed by atoms with van der Waals surface area (Å²) in [7, 11) is 0. The number of carbonyl (C=O) groups excluding carboxylic acids is 1. The summed E-state index contributed by atoms with van der Waals surface area (Å²) in [5, 5.41) is 12.3. The largest absolute Gasteiger partial charge is 0.298 e. The summed E-state index contributed by atoms with van der Waals surface area (Å²) in [6.45, 7) is 4.41. The molecule has 0 bridgehead atoms. The molecule has 3 aliphatic rings. The van der Waals surface area contributed by atoms with E-state index in [0.29, 0.717) is 16.8 Å². The molecule has 2 aliphatic heterocycles. The smallest absolute Gasteiger partial charge is 0.276 e. The highest BCUT2D eigenvalue weighted by molar-refractivity contribution is 8.13. The van der Waals surface area contributed by atoms with Gasteiger partial charge in [-0.3, -0.25) is 15.1 Å². The molecular weight excluding hydrogens is 380 g/mol. The van der Waals surface area contributed by atoms with E-state index in [0.717, 1.165) is 42.0 Å². The zero-order valence-corrected chi connectivity index (χ0v) is 18.2. The molecule has 2 atom stereocenters. The summed E-state index contributed by atoms with van der Waals surface area (Å²) >= 11 is 1.65. The van der Waals surface area contributed by atoms with Crippen LogP contribution in [0, 0.1) is 5.92 Å². The number of rotatable bonds is 6. The van der Waals surface area contributed by atoms with Gasteiger partial charge in [-0.25, -0.2) is 5.01 Å². The highest BCUT2D eigenvalue weighted by atomic mass is 32.2. The third-order valence-corrected chi connectivity index (χ3v) is 6.83. The second-order valence-electron chi connectivity index (χ2n) is 8.11. The lowest BCUT2D eigenvalue weighted by Crippen LogP contribution is -2.54. The molecule has 0 saturated carbocycles. The minimum atomic E-state index is -0.119. The Morgan fingerprint density at radius 1 is 1.24 bits per heavy atom. The van der Waals surface area contributed by atoms with Crippen molar-refractivity contribution in [3.63, 3.8) is 0 Å². The molecule has 1 aromatic carbocycles. The maximum Gasteiger partial charge on any atom is 0.276 e. The molecule has 0 aromatic heterocycles. The lowest BCUT2D eigenvalue weighted by Gasteiger charge is -2.38. The molecule has 0 unspecified atom stereocenters. The molecular formula is C23H30N4OS. The Kier molecular flexibility index (Phi) is 6.38. The number of carbonyl (C=O) groups is 1. The molecule has 6 heteroatoms. The average Bonchev–Trinajstić information content (AvgIpc) is 2.73. The summed E-state index contributed by atoms with van der Waals surface area (Å²) in [4.78, 5) is 18.1. The van der Waals surface area contributed by atoms with Gasteiger partial charge in [0.05, 0.1) is 5.36 Å². The van der Waals surface area contributed by atoms with E-state index in [1.807, 2.05) is 29.3 Å². The van der Waals surface area contributed by atoms with Gasteiger partial charge in [0.2, 0.25) is 0 Å². The van der Waals surface area contributed by atoms with Crippen LogP contribution in [-0.2, 0) is 4.79 Å². The van der Waals surface area contributed by atoms with E-state index in [-0.39, 0.29) is 12.1 Å². The zero-order valence-electron chi connectivity index (χ0n) is 17.4. The van der Waals surface area contributed by atoms with Crippen molar-refractivity contribution < 1.29 is 4.79 Å². The molecule has 1 amide bonds. The fourth-order valence-electron chi connectivity index (χ4n) is 4.18. The van der Waals surface area contributed by atoms with Gasteiger partial charge in [-0.2, -0.15) is 0 Å². The molecule has 0 radical (unpaired) electrons. The molecule has 0 saturated heterocycles. The van der Waals surface area contributed by atoms with Crippen LogP contribution in [0.4, 0.5) is 0 Å². The number of nitrogens with zero attached hydrogens (tertiary/aromatic N) is 3. The predicted octanol–water partition coefficient (Wildman–Crippen LogP) is 3.52. The van der Waals surface area contributed by atoms with E-state index in [4.69, 9.17) is 10.1 Å². The topological polar surface area (TPSA) is 57.1 Å². The third-order valence-electron chi connectivity index (χ3n) is 5.88. The summed E-state index contributed by atoms with van der Waals surface area (Å²) in [6, 6.07) is 7.93. The number of amidine groups is 1. The Morgan fingerprint density at radius 3 is 2.90 bits per heavy atom. The predicted molar refractivity (Wildman–Crippen MR) is 120 cm³/mol. The number of amides is 1. The Morgan fingerprint density at radius 2 is 2.10 bits per heavy atom. The standard InChI is InChI=1S/C23H30N4OS/c1-3-4-5-8-15-29-23-25-22(28)20-18-9-6-7-10-19(18)24-21(27(20)26-23)17-13-11-16(2)12-14-17/h6-7,9-11,17,21H,3-5,8,12-15H2,1-2H3,(H,25,26,28)/t17-,21+/m0/s1. The van der Waals surface area contributed by atoms with Crippen LogP contribution in [0.5, 0.6) is 0 Å². The lowest BCUT2D eigenvalue weighted by molar-refractivity contribution is -0.116. The fraction of sp³-hybridized carbons (Fsp3) is 0.522. The van der Waals surface area contributed by atoms with Gasteiger partial charge < -0.3 is 0 Å². The molecule has 1 aliphatic carbocycles. The van der Waals surface area contributed by atoms with E-state index in [1.165, 1.54) is 24.8 Å². The van der Waals surface area contributed by atoms with Crippen molar-refractivity contribution in [2.75, 3.05) is 5.75 Å². The molecule has 29 heavy (non-hydrogen) atoms. The minimum absolute atomic E-state index is 0.0639. The van der Waals surface area contributed by atoms with Gasteiger partial charge in [-0.15, -0.1) is 5.10 Å². The van der Waals surface area contributed by atoms with Crippen molar-refractivity contribution in [3.05, 3.63) is 46.5 Å². The van der Waals surface area contributed by atoms with Crippen LogP contribution in [0.15, 0.2) is 46.0 Å². The first-order valence-electron chi connectivity index (χ1n) is 10.8. The number of hydrogen-bond acceptors (Lipinski definition) is 5. The number of thioether (sulfide) groups is 1. The van der Waals surface area contributed by atoms with Gasteiger partial charge in [0, 0.05) is 16.9 Å². The van der Waals surface area contributed by atoms with Crippen molar-refractivity contribution in [2.45, 2.75) is 65.0 Å². The van der Waals surface area contributed by atoms with Crippen molar-refractivity contribution in [2.24, 2.45) is 16.0 Å². The van der Waals surface area contributed by atoms with Gasteiger partial charge >= 0.3 is 0 Å². The number of fused-ring (bicyclic) bond motifs is 2. The Balaban J connectivity index is 1.64. The lowest BCUT2D eigenvalue weighted by atomic mass is 9.87. The van der Waals surface area contributed by atoms with Crippen molar-refractivity contribution in [1.82, 2.24) is 10.3 Å². The van der Waals surface area contributed by atoms with Gasteiger partial charge in [0.1, 0.15) is 11.9 Å². The first kappa shape index (κ1) is 20.2. The van der Waals surface area contributed by atoms with Crippen LogP contribution in [0.1, 0.15) is 58.8 Å². The number of nitrogens with one attached hydrogen (secondary N) is 1. The Hall–Kier alpha value is -2.08. The van der Waals surface area contributed by atoms with Gasteiger partial charge in [0.15, 0.2) is 5.17 Å². The molecule has 1 N–H and O–H groups in total. The molecule has 154 valence electrons. The SMILES string of the molecule is CCCCCCSC1=NN2C(=c3ccccc3=N[C@H]2[C@H]2CC=C(C)CC2)C(=O)N1. The van der Waals surface area contributed by atoms with Crippen molar-refractivity contribution in [3.8, 4) is 0 Å². The van der Waals surface area contributed by atoms with Crippen molar-refractivity contribution >= 4 is 28.5 Å². The van der Waals surface area contributed by atoms with Crippen LogP contribution in [0.25, 0.3) is 5.70 Å². The fourth-order valence-corrected chi connectivity index (χ4v) is 5.03. The maximum absolute atomic E-state index is 13.1. The zero-order chi connectivity index (χ0) is 20.2. The quantitative estimate of drug-likeness (QED) is 0.577. The Bertz CT molecular complexity index is 952. The van der Waals surface area contributed by atoms with E-state index < -0.39 is 0 Å². The van der Waals surface area contributed by atoms with Gasteiger partial charge in [-0.1, -0.05) is 67.8 Å². The second kappa shape index (κ2) is 9.16. The summed E-state index contributed by atoms with van der Waals surface area (Å²) in [5.41, 5.74) is 2.09. The number of benzene rings is 1. The molecule has 4 rings (SSSR count). The molecule has 5 nitrogen and oxygen atoms in total. The molecule has 2 heterocycles. The van der Waals surface area contributed by atoms with Crippen molar-refractivity contribution in [1.29, 1.82) is 0 Å². The highest BCUT2D eigenvalue weighted by Crippen LogP contribution is 2.33. The van der Waals surface area contributed by atoms with Gasteiger partial charge in [-0.05, 0) is 38.7 Å². The normalized spacial score (nSPS) is 23.4. The molecule has 0 fully saturated rings. The van der Waals surface area contributed by atoms with Gasteiger partial charge in [0.25, 0.3) is 5.91 Å². The van der Waals surface area contributed by atoms with E-state index in [2.05, 4.69) is 25.2 Å². The summed E-state index contributed by atoms with van der Waals surface area (Å²) in [6.07, 6.45) is 10.2. The highest BCUT2D eigenvalue weighted by Gasteiger charge is 2.37. The first-order chi connectivity index (χ1) is 14.2. The van der Waals surface area contributed by atoms with Crippen LogP contribution in [-0.4, -0.2) is 28.0 Å². The first-order valence-corrected chi connectivity index (χ1v) is 11.8. The van der Waals surface area contributed by atoms with E-state index in [1.54, 1.807) is 11.8 Å². The molecule has 1 aromatic rings. The maximum atomic E-state index is 13.1. The number of para-hydroxylation sites is 1. The number of hydrogen-bond donors (Lipinski definition) is 1. The summed E-state index contributed by atoms with van der Waals surface area (Å²) < 4.78 is 0. The number of allylic oxidation sites excluding steroid dienone is 2. The van der Waals surface area contributed by atoms with Crippen LogP contribution >= 0.6 is 11.8 Å². The van der Waals surface area contributed by atoms with E-state index >= 15 is 0 Å². The monoisotopic (exact) mass is 410 g/mol. The number of unbranched alkanes of at least 4 members (excludes halogenated alkanes) is 3.